The monoisotopic (exact) mass is 305 g/mol. The second-order valence-corrected chi connectivity index (χ2v) is 5.98. The van der Waals surface area contributed by atoms with E-state index in [1.54, 1.807) is 23.5 Å². The number of hydrogen-bond acceptors (Lipinski definition) is 5. The van der Waals surface area contributed by atoms with Gasteiger partial charge in [0.2, 0.25) is 0 Å². The van der Waals surface area contributed by atoms with Gasteiger partial charge in [-0.05, 0) is 38.9 Å². The summed E-state index contributed by atoms with van der Waals surface area (Å²) >= 11 is 1.64. The summed E-state index contributed by atoms with van der Waals surface area (Å²) in [6.07, 6.45) is 1.09. The first-order valence-electron chi connectivity index (χ1n) is 6.98. The first-order valence-corrected chi connectivity index (χ1v) is 7.80. The van der Waals surface area contributed by atoms with Gasteiger partial charge < -0.3 is 5.32 Å². The van der Waals surface area contributed by atoms with Gasteiger partial charge in [-0.25, -0.2) is 4.98 Å². The Morgan fingerprint density at radius 1 is 1.38 bits per heavy atom. The van der Waals surface area contributed by atoms with Gasteiger partial charge in [0.05, 0.1) is 10.6 Å². The molecule has 0 aliphatic rings. The fraction of sp³-hybridized carbons (Fsp3) is 0.400. The highest BCUT2D eigenvalue weighted by Gasteiger charge is 2.15. The van der Waals surface area contributed by atoms with E-state index in [0.29, 0.717) is 0 Å². The molecular formula is C15H19N3O2S. The lowest BCUT2D eigenvalue weighted by atomic mass is 10.2. The standard InChI is InChI=1S/C15H19N3O2S/c1-4-9-16-10(2)14-11(3)17-15(21-14)12-5-7-13(8-6-12)18(19)20/h5-8,10,16H,4,9H2,1-3H3. The minimum atomic E-state index is -0.390. The molecule has 2 aromatic rings. The van der Waals surface area contributed by atoms with Crippen molar-refractivity contribution in [2.24, 2.45) is 0 Å². The van der Waals surface area contributed by atoms with Crippen LogP contribution in [0, 0.1) is 17.0 Å². The van der Waals surface area contributed by atoms with Crippen molar-refractivity contribution in [3.8, 4) is 10.6 Å². The third kappa shape index (κ3) is 3.65. The molecule has 0 fully saturated rings. The minimum absolute atomic E-state index is 0.102. The van der Waals surface area contributed by atoms with E-state index in [9.17, 15) is 10.1 Å². The molecule has 0 radical (unpaired) electrons. The molecule has 0 saturated carbocycles. The van der Waals surface area contributed by atoms with Crippen LogP contribution in [0.25, 0.3) is 10.6 Å². The zero-order valence-electron chi connectivity index (χ0n) is 12.4. The molecule has 0 aliphatic carbocycles. The Labute approximate surface area is 128 Å². The summed E-state index contributed by atoms with van der Waals surface area (Å²) in [4.78, 5) is 16.1. The molecule has 2 rings (SSSR count). The molecule has 1 heterocycles. The van der Waals surface area contributed by atoms with Crippen LogP contribution < -0.4 is 5.32 Å². The lowest BCUT2D eigenvalue weighted by molar-refractivity contribution is -0.384. The molecule has 1 unspecified atom stereocenters. The maximum absolute atomic E-state index is 10.7. The Kier molecular flexibility index (Phi) is 5.03. The Hall–Kier alpha value is -1.79. The summed E-state index contributed by atoms with van der Waals surface area (Å²) in [5.41, 5.74) is 2.04. The molecule has 1 atom stereocenters. The first kappa shape index (κ1) is 15.6. The third-order valence-corrected chi connectivity index (χ3v) is 4.64. The lowest BCUT2D eigenvalue weighted by Crippen LogP contribution is -2.18. The van der Waals surface area contributed by atoms with E-state index in [1.165, 1.54) is 17.0 Å². The largest absolute Gasteiger partial charge is 0.309 e. The molecule has 0 bridgehead atoms. The van der Waals surface area contributed by atoms with Gasteiger partial charge in [0, 0.05) is 28.6 Å². The van der Waals surface area contributed by atoms with E-state index in [2.05, 4.69) is 24.1 Å². The molecule has 1 aromatic carbocycles. The highest BCUT2D eigenvalue weighted by molar-refractivity contribution is 7.15. The molecule has 6 heteroatoms. The Bertz CT molecular complexity index is 622. The minimum Gasteiger partial charge on any atom is -0.309 e. The third-order valence-electron chi connectivity index (χ3n) is 3.25. The predicted molar refractivity (Wildman–Crippen MR) is 85.7 cm³/mol. The molecule has 21 heavy (non-hydrogen) atoms. The number of nitro groups is 1. The SMILES string of the molecule is CCCNC(C)c1sc(-c2ccc([N+](=O)[O-])cc2)nc1C. The van der Waals surface area contributed by atoms with Crippen LogP contribution in [0.4, 0.5) is 5.69 Å². The molecule has 1 N–H and O–H groups in total. The van der Waals surface area contributed by atoms with Gasteiger partial charge >= 0.3 is 0 Å². The van der Waals surface area contributed by atoms with Gasteiger partial charge in [-0.3, -0.25) is 10.1 Å². The summed E-state index contributed by atoms with van der Waals surface area (Å²) in [5, 5.41) is 15.0. The van der Waals surface area contributed by atoms with Crippen LogP contribution in [0.2, 0.25) is 0 Å². The topological polar surface area (TPSA) is 68.1 Å². The molecule has 0 spiro atoms. The van der Waals surface area contributed by atoms with E-state index in [4.69, 9.17) is 0 Å². The summed E-state index contributed by atoms with van der Waals surface area (Å²) in [7, 11) is 0. The molecule has 0 saturated heterocycles. The van der Waals surface area contributed by atoms with Gasteiger partial charge in [0.15, 0.2) is 0 Å². The second kappa shape index (κ2) is 6.78. The number of nitro benzene ring substituents is 1. The number of aryl methyl sites for hydroxylation is 1. The van der Waals surface area contributed by atoms with Gasteiger partial charge in [0.25, 0.3) is 5.69 Å². The highest BCUT2D eigenvalue weighted by atomic mass is 32.1. The number of hydrogen-bond donors (Lipinski definition) is 1. The average molecular weight is 305 g/mol. The van der Waals surface area contributed by atoms with Crippen molar-refractivity contribution < 1.29 is 4.92 Å². The van der Waals surface area contributed by atoms with Gasteiger partial charge in [0.1, 0.15) is 5.01 Å². The first-order chi connectivity index (χ1) is 10.0. The van der Waals surface area contributed by atoms with E-state index in [1.807, 2.05) is 6.92 Å². The summed E-state index contributed by atoms with van der Waals surface area (Å²) < 4.78 is 0. The Morgan fingerprint density at radius 3 is 2.62 bits per heavy atom. The van der Waals surface area contributed by atoms with E-state index in [-0.39, 0.29) is 16.7 Å². The van der Waals surface area contributed by atoms with Crippen LogP contribution >= 0.6 is 11.3 Å². The van der Waals surface area contributed by atoms with Crippen LogP contribution in [0.15, 0.2) is 24.3 Å². The van der Waals surface area contributed by atoms with Crippen LogP contribution in [-0.2, 0) is 0 Å². The maximum Gasteiger partial charge on any atom is 0.269 e. The van der Waals surface area contributed by atoms with Crippen LogP contribution in [0.1, 0.15) is 36.9 Å². The number of rotatable bonds is 6. The summed E-state index contributed by atoms with van der Waals surface area (Å²) in [6.45, 7) is 7.26. The number of nitrogens with one attached hydrogen (secondary N) is 1. The van der Waals surface area contributed by atoms with E-state index in [0.717, 1.165) is 29.2 Å². The molecule has 0 aliphatic heterocycles. The Balaban J connectivity index is 2.23. The van der Waals surface area contributed by atoms with Crippen molar-refractivity contribution in [1.29, 1.82) is 0 Å². The van der Waals surface area contributed by atoms with Crippen molar-refractivity contribution in [1.82, 2.24) is 10.3 Å². The van der Waals surface area contributed by atoms with Crippen molar-refractivity contribution in [3.05, 3.63) is 45.0 Å². The lowest BCUT2D eigenvalue weighted by Gasteiger charge is -2.11. The van der Waals surface area contributed by atoms with Crippen LogP contribution in [-0.4, -0.2) is 16.5 Å². The fourth-order valence-corrected chi connectivity index (χ4v) is 3.21. The fourth-order valence-electron chi connectivity index (χ4n) is 2.11. The van der Waals surface area contributed by atoms with Gasteiger partial charge in [-0.15, -0.1) is 11.3 Å². The maximum atomic E-state index is 10.7. The number of nitrogens with zero attached hydrogens (tertiary/aromatic N) is 2. The molecule has 112 valence electrons. The second-order valence-electron chi connectivity index (χ2n) is 4.95. The zero-order chi connectivity index (χ0) is 15.4. The van der Waals surface area contributed by atoms with E-state index >= 15 is 0 Å². The van der Waals surface area contributed by atoms with Crippen LogP contribution in [0.3, 0.4) is 0 Å². The number of thiazole rings is 1. The number of benzene rings is 1. The van der Waals surface area contributed by atoms with Gasteiger partial charge in [-0.1, -0.05) is 6.92 Å². The van der Waals surface area contributed by atoms with E-state index < -0.39 is 0 Å². The molecule has 0 amide bonds. The normalized spacial score (nSPS) is 12.3. The summed E-state index contributed by atoms with van der Waals surface area (Å²) in [6, 6.07) is 6.82. The smallest absolute Gasteiger partial charge is 0.269 e. The van der Waals surface area contributed by atoms with Crippen molar-refractivity contribution >= 4 is 17.0 Å². The summed E-state index contributed by atoms with van der Waals surface area (Å²) in [5.74, 6) is 0. The molecular weight excluding hydrogens is 286 g/mol. The highest BCUT2D eigenvalue weighted by Crippen LogP contribution is 2.32. The predicted octanol–water partition coefficient (Wildman–Crippen LogP) is 4.09. The number of non-ortho nitro benzene ring substituents is 1. The van der Waals surface area contributed by atoms with Crippen LogP contribution in [0.5, 0.6) is 0 Å². The van der Waals surface area contributed by atoms with Gasteiger partial charge in [-0.2, -0.15) is 0 Å². The number of aromatic nitrogens is 1. The average Bonchev–Trinajstić information content (AvgIpc) is 2.87. The van der Waals surface area contributed by atoms with Crippen molar-refractivity contribution in [2.75, 3.05) is 6.54 Å². The van der Waals surface area contributed by atoms with Crippen molar-refractivity contribution in [3.63, 3.8) is 0 Å². The molecule has 5 nitrogen and oxygen atoms in total. The Morgan fingerprint density at radius 2 is 2.05 bits per heavy atom. The van der Waals surface area contributed by atoms with Crippen molar-refractivity contribution in [2.45, 2.75) is 33.2 Å². The molecule has 1 aromatic heterocycles. The quantitative estimate of drug-likeness (QED) is 0.645. The zero-order valence-corrected chi connectivity index (χ0v) is 13.2.